The summed E-state index contributed by atoms with van der Waals surface area (Å²) in [7, 11) is 0. The van der Waals surface area contributed by atoms with Gasteiger partial charge in [-0.2, -0.15) is 0 Å². The highest BCUT2D eigenvalue weighted by atomic mass is 19.2. The number of halogens is 3. The Bertz CT molecular complexity index is 1130. The predicted molar refractivity (Wildman–Crippen MR) is 112 cm³/mol. The van der Waals surface area contributed by atoms with Gasteiger partial charge in [-0.25, -0.2) is 13.2 Å². The van der Waals surface area contributed by atoms with E-state index in [1.165, 1.54) is 11.1 Å². The van der Waals surface area contributed by atoms with Crippen molar-refractivity contribution in [3.63, 3.8) is 0 Å². The molecular weight excluding hydrogens is 417 g/mol. The molecule has 2 aliphatic heterocycles. The summed E-state index contributed by atoms with van der Waals surface area (Å²) in [6, 6.07) is 10.3. The second-order valence-corrected chi connectivity index (χ2v) is 8.52. The largest absolute Gasteiger partial charge is 0.384 e. The average molecular weight is 440 g/mol. The van der Waals surface area contributed by atoms with E-state index < -0.39 is 23.6 Å². The van der Waals surface area contributed by atoms with Crippen LogP contribution in [-0.2, 0) is 23.5 Å². The number of pyridine rings is 1. The molecule has 4 nitrogen and oxygen atoms in total. The molecule has 0 bridgehead atoms. The maximum atomic E-state index is 14.0. The molecule has 0 saturated carbocycles. The van der Waals surface area contributed by atoms with Crippen molar-refractivity contribution in [2.45, 2.75) is 37.7 Å². The van der Waals surface area contributed by atoms with Gasteiger partial charge in [0.15, 0.2) is 11.6 Å². The molecule has 1 saturated heterocycles. The van der Waals surface area contributed by atoms with Crippen LogP contribution in [0.5, 0.6) is 0 Å². The van der Waals surface area contributed by atoms with Gasteiger partial charge in [-0.05, 0) is 41.7 Å². The van der Waals surface area contributed by atoms with Crippen molar-refractivity contribution in [3.05, 3.63) is 100 Å². The van der Waals surface area contributed by atoms with Crippen molar-refractivity contribution in [1.29, 1.82) is 0 Å². The van der Waals surface area contributed by atoms with Gasteiger partial charge >= 0.3 is 0 Å². The molecule has 1 aromatic heterocycles. The fourth-order valence-corrected chi connectivity index (χ4v) is 4.73. The smallest absolute Gasteiger partial charge is 0.161 e. The summed E-state index contributed by atoms with van der Waals surface area (Å²) in [6.07, 6.45) is 4.16. The number of nitrogens with zero attached hydrogens (tertiary/aromatic N) is 2. The first-order valence-electron chi connectivity index (χ1n) is 10.7. The third-order valence-corrected chi connectivity index (χ3v) is 6.61. The summed E-state index contributed by atoms with van der Waals surface area (Å²) >= 11 is 0. The molecule has 2 aromatic carbocycles. The molecule has 1 N–H and O–H groups in total. The summed E-state index contributed by atoms with van der Waals surface area (Å²) in [5.41, 5.74) is 3.38. The molecule has 1 atom stereocenters. The van der Waals surface area contributed by atoms with E-state index in [2.05, 4.69) is 9.88 Å². The van der Waals surface area contributed by atoms with Gasteiger partial charge in [-0.1, -0.05) is 24.3 Å². The lowest BCUT2D eigenvalue weighted by molar-refractivity contribution is -0.0800. The zero-order valence-corrected chi connectivity index (χ0v) is 17.4. The number of aliphatic hydroxyl groups excluding tert-OH is 1. The Balaban J connectivity index is 1.23. The fourth-order valence-electron chi connectivity index (χ4n) is 4.73. The Morgan fingerprint density at radius 2 is 1.72 bits per heavy atom. The van der Waals surface area contributed by atoms with E-state index >= 15 is 0 Å². The lowest BCUT2D eigenvalue weighted by atomic mass is 9.84. The third-order valence-electron chi connectivity index (χ3n) is 6.61. The van der Waals surface area contributed by atoms with Gasteiger partial charge in [-0.15, -0.1) is 0 Å². The molecule has 5 rings (SSSR count). The molecule has 2 aliphatic rings. The molecule has 3 heterocycles. The number of ether oxygens (including phenoxy) is 1. The van der Waals surface area contributed by atoms with E-state index in [1.54, 1.807) is 18.3 Å². The van der Waals surface area contributed by atoms with Crippen LogP contribution in [-0.4, -0.2) is 28.1 Å². The van der Waals surface area contributed by atoms with Crippen LogP contribution in [0.25, 0.3) is 0 Å². The number of piperidine rings is 1. The molecule has 166 valence electrons. The van der Waals surface area contributed by atoms with Crippen molar-refractivity contribution in [3.8, 4) is 0 Å². The lowest BCUT2D eigenvalue weighted by Crippen LogP contribution is -2.42. The molecule has 3 aromatic rings. The Hall–Kier alpha value is -2.74. The van der Waals surface area contributed by atoms with E-state index in [4.69, 9.17) is 4.74 Å². The van der Waals surface area contributed by atoms with Crippen LogP contribution in [0.2, 0.25) is 0 Å². The highest BCUT2D eigenvalue weighted by molar-refractivity contribution is 5.34. The first-order valence-corrected chi connectivity index (χ1v) is 10.7. The predicted octanol–water partition coefficient (Wildman–Crippen LogP) is 4.60. The monoisotopic (exact) mass is 440 g/mol. The number of hydrogen-bond donors (Lipinski definition) is 1. The summed E-state index contributed by atoms with van der Waals surface area (Å²) < 4.78 is 46.8. The third kappa shape index (κ3) is 3.81. The molecule has 0 radical (unpaired) electrons. The fraction of sp³-hybridized carbons (Fsp3) is 0.320. The van der Waals surface area contributed by atoms with Gasteiger partial charge in [0, 0.05) is 49.2 Å². The summed E-state index contributed by atoms with van der Waals surface area (Å²) in [4.78, 5) is 6.63. The first-order chi connectivity index (χ1) is 15.4. The zero-order chi connectivity index (χ0) is 22.3. The minimum Gasteiger partial charge on any atom is -0.384 e. The molecule has 1 fully saturated rings. The van der Waals surface area contributed by atoms with Crippen LogP contribution < -0.4 is 0 Å². The lowest BCUT2D eigenvalue weighted by Gasteiger charge is -2.39. The van der Waals surface area contributed by atoms with Gasteiger partial charge in [0.1, 0.15) is 11.9 Å². The van der Waals surface area contributed by atoms with Gasteiger partial charge in [0.25, 0.3) is 0 Å². The normalized spacial score (nSPS) is 18.6. The SMILES string of the molecule is OC(c1ccc(CN2CCC3(CC2)OCc2ccncc23)cc1)c1cc(F)c(F)cc1F. The molecule has 32 heavy (non-hydrogen) atoms. The van der Waals surface area contributed by atoms with Gasteiger partial charge in [0.05, 0.1) is 12.2 Å². The maximum Gasteiger partial charge on any atom is 0.161 e. The summed E-state index contributed by atoms with van der Waals surface area (Å²) in [5, 5.41) is 10.4. The van der Waals surface area contributed by atoms with E-state index in [1.807, 2.05) is 24.4 Å². The van der Waals surface area contributed by atoms with Crippen molar-refractivity contribution >= 4 is 0 Å². The van der Waals surface area contributed by atoms with Crippen molar-refractivity contribution < 1.29 is 23.0 Å². The van der Waals surface area contributed by atoms with Crippen LogP contribution in [0, 0.1) is 17.5 Å². The van der Waals surface area contributed by atoms with Crippen LogP contribution in [0.15, 0.2) is 54.9 Å². The standard InChI is InChI=1S/C25H23F3N2O2/c26-21-12-23(28)22(27)11-19(21)24(31)17-3-1-16(2-4-17)14-30-9-6-25(7-10-30)20-13-29-8-5-18(20)15-32-25/h1-5,8,11-13,24,31H,6-7,9-10,14-15H2. The van der Waals surface area contributed by atoms with Crippen LogP contribution in [0.4, 0.5) is 13.2 Å². The second kappa shape index (κ2) is 8.31. The molecule has 0 amide bonds. The van der Waals surface area contributed by atoms with E-state index in [0.29, 0.717) is 24.3 Å². The number of hydrogen-bond acceptors (Lipinski definition) is 4. The number of aromatic nitrogens is 1. The minimum atomic E-state index is -1.37. The van der Waals surface area contributed by atoms with Crippen LogP contribution in [0.1, 0.15) is 46.8 Å². The van der Waals surface area contributed by atoms with Gasteiger partial charge in [-0.3, -0.25) is 9.88 Å². The maximum absolute atomic E-state index is 14.0. The molecule has 1 unspecified atom stereocenters. The Kier molecular flexibility index (Phi) is 5.49. The topological polar surface area (TPSA) is 45.6 Å². The minimum absolute atomic E-state index is 0.234. The summed E-state index contributed by atoms with van der Waals surface area (Å²) in [6.45, 7) is 3.16. The zero-order valence-electron chi connectivity index (χ0n) is 17.4. The Morgan fingerprint density at radius 1 is 1.00 bits per heavy atom. The highest BCUT2D eigenvalue weighted by Gasteiger charge is 2.42. The average Bonchev–Trinajstić information content (AvgIpc) is 3.16. The Morgan fingerprint density at radius 3 is 2.47 bits per heavy atom. The number of fused-ring (bicyclic) bond motifs is 2. The van der Waals surface area contributed by atoms with Crippen LogP contribution in [0.3, 0.4) is 0 Å². The first kappa shape index (κ1) is 21.1. The van der Waals surface area contributed by atoms with E-state index in [9.17, 15) is 18.3 Å². The van der Waals surface area contributed by atoms with E-state index in [0.717, 1.165) is 38.0 Å². The molecule has 7 heteroatoms. The highest BCUT2D eigenvalue weighted by Crippen LogP contribution is 2.43. The van der Waals surface area contributed by atoms with Crippen LogP contribution >= 0.6 is 0 Å². The van der Waals surface area contributed by atoms with Crippen molar-refractivity contribution in [2.75, 3.05) is 13.1 Å². The summed E-state index contributed by atoms with van der Waals surface area (Å²) in [5.74, 6) is -3.45. The van der Waals surface area contributed by atoms with Crippen molar-refractivity contribution in [1.82, 2.24) is 9.88 Å². The van der Waals surface area contributed by atoms with Gasteiger partial charge < -0.3 is 9.84 Å². The second-order valence-electron chi connectivity index (χ2n) is 8.52. The molecule has 1 spiro atoms. The number of benzene rings is 2. The number of aliphatic hydroxyl groups is 1. The Labute approximate surface area is 184 Å². The number of rotatable bonds is 4. The quantitative estimate of drug-likeness (QED) is 0.603. The van der Waals surface area contributed by atoms with E-state index in [-0.39, 0.29) is 11.2 Å². The van der Waals surface area contributed by atoms with Gasteiger partial charge in [0.2, 0.25) is 0 Å². The molecular formula is C25H23F3N2O2. The van der Waals surface area contributed by atoms with Crippen molar-refractivity contribution in [2.24, 2.45) is 0 Å². The molecule has 0 aliphatic carbocycles. The number of likely N-dealkylation sites (tertiary alicyclic amines) is 1.